The highest BCUT2D eigenvalue weighted by Gasteiger charge is 2.23. The van der Waals surface area contributed by atoms with E-state index in [2.05, 4.69) is 80.6 Å². The summed E-state index contributed by atoms with van der Waals surface area (Å²) in [6, 6.07) is 33.2. The Labute approximate surface area is 234 Å². The number of hydrogen-bond donors (Lipinski definition) is 4. The second-order valence-corrected chi connectivity index (χ2v) is 9.85. The molecule has 0 radical (unpaired) electrons. The van der Waals surface area contributed by atoms with E-state index in [1.807, 2.05) is 61.2 Å². The highest BCUT2D eigenvalue weighted by molar-refractivity contribution is 5.47. The summed E-state index contributed by atoms with van der Waals surface area (Å²) in [5.41, 5.74) is 6.78. The first-order valence-corrected chi connectivity index (χ1v) is 13.8. The van der Waals surface area contributed by atoms with Crippen molar-refractivity contribution >= 4 is 0 Å². The number of hydrogen-bond acceptors (Lipinski definition) is 2. The van der Waals surface area contributed by atoms with E-state index in [0.717, 1.165) is 58.2 Å². The van der Waals surface area contributed by atoms with E-state index in [1.54, 1.807) is 0 Å². The zero-order valence-electron chi connectivity index (χ0n) is 22.3. The summed E-state index contributed by atoms with van der Waals surface area (Å²) in [4.78, 5) is 13.5. The minimum Gasteiger partial charge on any atom is -0.493 e. The van der Waals surface area contributed by atoms with Crippen LogP contribution in [0, 0.1) is 0 Å². The molecule has 0 spiro atoms. The molecule has 6 aromatic rings. The third-order valence-electron chi connectivity index (χ3n) is 7.25. The van der Waals surface area contributed by atoms with Crippen molar-refractivity contribution in [3.05, 3.63) is 156 Å². The number of aromatic amines is 4. The molecule has 0 amide bonds. The molecule has 4 heterocycles. The van der Waals surface area contributed by atoms with Gasteiger partial charge in [0.2, 0.25) is 0 Å². The van der Waals surface area contributed by atoms with Crippen molar-refractivity contribution in [1.29, 1.82) is 0 Å². The molecular formula is C34H34N4O2. The molecule has 0 unspecified atom stereocenters. The summed E-state index contributed by atoms with van der Waals surface area (Å²) in [5, 5.41) is 0. The van der Waals surface area contributed by atoms with Crippen molar-refractivity contribution in [3.63, 3.8) is 0 Å². The topological polar surface area (TPSA) is 81.6 Å². The van der Waals surface area contributed by atoms with Crippen molar-refractivity contribution in [3.8, 4) is 11.5 Å². The lowest BCUT2D eigenvalue weighted by atomic mass is 9.92. The Bertz CT molecular complexity index is 1360. The van der Waals surface area contributed by atoms with E-state index < -0.39 is 0 Å². The Balaban J connectivity index is 1.08. The molecule has 0 aliphatic carbocycles. The van der Waals surface area contributed by atoms with E-state index in [1.165, 1.54) is 0 Å². The lowest BCUT2D eigenvalue weighted by Gasteiger charge is -2.20. The van der Waals surface area contributed by atoms with Gasteiger partial charge < -0.3 is 29.4 Å². The van der Waals surface area contributed by atoms with Gasteiger partial charge in [-0.2, -0.15) is 0 Å². The quantitative estimate of drug-likeness (QED) is 0.116. The molecule has 0 aliphatic heterocycles. The first-order valence-electron chi connectivity index (χ1n) is 13.8. The van der Waals surface area contributed by atoms with Crippen LogP contribution in [0.4, 0.5) is 0 Å². The highest BCUT2D eigenvalue weighted by atomic mass is 16.5. The summed E-state index contributed by atoms with van der Waals surface area (Å²) < 4.78 is 12.7. The third kappa shape index (κ3) is 5.61. The number of benzene rings is 2. The average molecular weight is 531 g/mol. The standard InChI is InChI=1S/C34H34N4O2/c1-3-17-31(25(11-1)33(27-13-7-19-35-27)28-14-8-20-36-28)39-23-5-6-24-40-32-18-4-2-12-26(32)34(29-15-9-21-37-29)30-16-10-22-38-30/h1-4,7-22,33-38H,5-6,23-24H2. The second-order valence-electron chi connectivity index (χ2n) is 9.85. The average Bonchev–Trinajstić information content (AvgIpc) is 3.82. The molecule has 6 nitrogen and oxygen atoms in total. The Morgan fingerprint density at radius 2 is 0.775 bits per heavy atom. The van der Waals surface area contributed by atoms with Gasteiger partial charge in [0.05, 0.1) is 25.0 Å². The Kier molecular flexibility index (Phi) is 7.85. The lowest BCUT2D eigenvalue weighted by molar-refractivity contribution is 0.263. The Morgan fingerprint density at radius 1 is 0.425 bits per heavy atom. The zero-order valence-corrected chi connectivity index (χ0v) is 22.3. The molecule has 6 heteroatoms. The summed E-state index contributed by atoms with van der Waals surface area (Å²) >= 11 is 0. The number of para-hydroxylation sites is 2. The van der Waals surface area contributed by atoms with Crippen LogP contribution in [-0.4, -0.2) is 33.1 Å². The van der Waals surface area contributed by atoms with Crippen molar-refractivity contribution in [2.24, 2.45) is 0 Å². The number of nitrogens with one attached hydrogen (secondary N) is 4. The van der Waals surface area contributed by atoms with Gasteiger partial charge in [0.1, 0.15) is 11.5 Å². The van der Waals surface area contributed by atoms with E-state index in [9.17, 15) is 0 Å². The molecule has 4 N–H and O–H groups in total. The fraction of sp³-hybridized carbons (Fsp3) is 0.176. The lowest BCUT2D eigenvalue weighted by Crippen LogP contribution is -2.10. The Hall–Kier alpha value is -4.84. The molecule has 0 bridgehead atoms. The van der Waals surface area contributed by atoms with Crippen LogP contribution in [0.25, 0.3) is 0 Å². The number of unbranched alkanes of at least 4 members (excludes halogenated alkanes) is 1. The van der Waals surface area contributed by atoms with E-state index in [-0.39, 0.29) is 11.8 Å². The van der Waals surface area contributed by atoms with E-state index in [4.69, 9.17) is 9.47 Å². The van der Waals surface area contributed by atoms with Gasteiger partial charge in [0.25, 0.3) is 0 Å². The molecule has 0 aliphatic rings. The molecular weight excluding hydrogens is 496 g/mol. The number of ether oxygens (including phenoxy) is 2. The molecule has 4 aromatic heterocycles. The van der Waals surface area contributed by atoms with Crippen molar-refractivity contribution in [2.45, 2.75) is 24.7 Å². The highest BCUT2D eigenvalue weighted by Crippen LogP contribution is 2.37. The Morgan fingerprint density at radius 3 is 1.10 bits per heavy atom. The SMILES string of the molecule is c1c[nH]c(C(c2ccc[nH]2)c2ccccc2OCCCCOc2ccccc2C(c2ccc[nH]2)c2ccc[nH]2)c1. The summed E-state index contributed by atoms with van der Waals surface area (Å²) in [6.45, 7) is 1.25. The van der Waals surface area contributed by atoms with Gasteiger partial charge >= 0.3 is 0 Å². The fourth-order valence-corrected chi connectivity index (χ4v) is 5.37. The van der Waals surface area contributed by atoms with Gasteiger partial charge in [-0.25, -0.2) is 0 Å². The molecule has 0 atom stereocenters. The molecule has 202 valence electrons. The van der Waals surface area contributed by atoms with Crippen LogP contribution >= 0.6 is 0 Å². The van der Waals surface area contributed by atoms with Gasteiger partial charge in [0.15, 0.2) is 0 Å². The van der Waals surface area contributed by atoms with Crippen LogP contribution in [0.15, 0.2) is 122 Å². The minimum atomic E-state index is 0.0494. The van der Waals surface area contributed by atoms with Crippen LogP contribution in [0.3, 0.4) is 0 Å². The maximum Gasteiger partial charge on any atom is 0.123 e. The summed E-state index contributed by atoms with van der Waals surface area (Å²) in [7, 11) is 0. The van der Waals surface area contributed by atoms with Crippen LogP contribution < -0.4 is 9.47 Å². The van der Waals surface area contributed by atoms with Gasteiger partial charge in [-0.1, -0.05) is 36.4 Å². The zero-order chi connectivity index (χ0) is 27.0. The molecule has 0 saturated heterocycles. The van der Waals surface area contributed by atoms with Crippen LogP contribution in [0.1, 0.15) is 58.6 Å². The predicted molar refractivity (Wildman–Crippen MR) is 158 cm³/mol. The molecule has 2 aromatic carbocycles. The predicted octanol–water partition coefficient (Wildman–Crippen LogP) is 7.60. The normalized spacial score (nSPS) is 11.3. The van der Waals surface area contributed by atoms with E-state index >= 15 is 0 Å². The van der Waals surface area contributed by atoms with Crippen LogP contribution in [0.2, 0.25) is 0 Å². The van der Waals surface area contributed by atoms with Crippen LogP contribution in [-0.2, 0) is 0 Å². The van der Waals surface area contributed by atoms with Gasteiger partial charge in [0, 0.05) is 58.7 Å². The monoisotopic (exact) mass is 530 g/mol. The van der Waals surface area contributed by atoms with Crippen molar-refractivity contribution in [1.82, 2.24) is 19.9 Å². The molecule has 0 fully saturated rings. The second kappa shape index (κ2) is 12.3. The van der Waals surface area contributed by atoms with Gasteiger partial charge in [-0.05, 0) is 73.5 Å². The maximum atomic E-state index is 6.33. The largest absolute Gasteiger partial charge is 0.493 e. The molecule has 0 saturated carbocycles. The van der Waals surface area contributed by atoms with Crippen molar-refractivity contribution < 1.29 is 9.47 Å². The number of aromatic nitrogens is 4. The van der Waals surface area contributed by atoms with Crippen molar-refractivity contribution in [2.75, 3.05) is 13.2 Å². The summed E-state index contributed by atoms with van der Waals surface area (Å²) in [5.74, 6) is 1.91. The third-order valence-corrected chi connectivity index (χ3v) is 7.25. The molecule has 40 heavy (non-hydrogen) atoms. The fourth-order valence-electron chi connectivity index (χ4n) is 5.37. The van der Waals surface area contributed by atoms with Gasteiger partial charge in [-0.3, -0.25) is 0 Å². The first kappa shape index (κ1) is 25.4. The maximum absolute atomic E-state index is 6.33. The van der Waals surface area contributed by atoms with E-state index in [0.29, 0.717) is 13.2 Å². The molecule has 6 rings (SSSR count). The number of rotatable bonds is 13. The first-order chi connectivity index (χ1) is 19.9. The van der Waals surface area contributed by atoms with Crippen LogP contribution in [0.5, 0.6) is 11.5 Å². The smallest absolute Gasteiger partial charge is 0.123 e. The summed E-state index contributed by atoms with van der Waals surface area (Å²) in [6.07, 6.45) is 9.64. The minimum absolute atomic E-state index is 0.0494. The van der Waals surface area contributed by atoms with Gasteiger partial charge in [-0.15, -0.1) is 0 Å². The number of H-pyrrole nitrogens is 4.